The molecule has 2 atom stereocenters. The van der Waals surface area contributed by atoms with Crippen molar-refractivity contribution in [2.45, 2.75) is 46.2 Å². The molecule has 1 aliphatic rings. The number of hydrogen-bond donors (Lipinski definition) is 2. The SMILES string of the molecule is CN=C(NCC(C)N1CCN(C)CC1)NC(C)c1ccc(CC(C)C)cc1. The van der Waals surface area contributed by atoms with Gasteiger partial charge in [-0.2, -0.15) is 0 Å². The highest BCUT2D eigenvalue weighted by atomic mass is 15.3. The Morgan fingerprint density at radius 3 is 2.22 bits per heavy atom. The van der Waals surface area contributed by atoms with Gasteiger partial charge in [-0.15, -0.1) is 0 Å². The monoisotopic (exact) mass is 373 g/mol. The Kier molecular flexibility index (Phi) is 8.58. The third-order valence-corrected chi connectivity index (χ3v) is 5.43. The lowest BCUT2D eigenvalue weighted by atomic mass is 10.00. The van der Waals surface area contributed by atoms with Crippen LogP contribution in [0.15, 0.2) is 29.3 Å². The van der Waals surface area contributed by atoms with E-state index in [1.54, 1.807) is 0 Å². The van der Waals surface area contributed by atoms with Gasteiger partial charge in [-0.25, -0.2) is 0 Å². The molecule has 2 N–H and O–H groups in total. The zero-order valence-corrected chi connectivity index (χ0v) is 18.1. The Labute approximate surface area is 166 Å². The highest BCUT2D eigenvalue weighted by Crippen LogP contribution is 2.15. The van der Waals surface area contributed by atoms with Gasteiger partial charge in [0, 0.05) is 45.8 Å². The minimum Gasteiger partial charge on any atom is -0.355 e. The summed E-state index contributed by atoms with van der Waals surface area (Å²) in [6.45, 7) is 14.5. The van der Waals surface area contributed by atoms with Crippen LogP contribution < -0.4 is 10.6 Å². The molecule has 1 fully saturated rings. The average molecular weight is 374 g/mol. The van der Waals surface area contributed by atoms with Gasteiger partial charge in [0.05, 0.1) is 6.04 Å². The molecule has 0 aromatic heterocycles. The fourth-order valence-electron chi connectivity index (χ4n) is 3.53. The second-order valence-corrected chi connectivity index (χ2v) is 8.35. The Hall–Kier alpha value is -1.59. The summed E-state index contributed by atoms with van der Waals surface area (Å²) in [7, 11) is 4.04. The molecular formula is C22H39N5. The number of guanidine groups is 1. The van der Waals surface area contributed by atoms with Gasteiger partial charge in [0.1, 0.15) is 0 Å². The van der Waals surface area contributed by atoms with E-state index < -0.39 is 0 Å². The zero-order chi connectivity index (χ0) is 19.8. The van der Waals surface area contributed by atoms with Crippen molar-refractivity contribution in [2.24, 2.45) is 10.9 Å². The van der Waals surface area contributed by atoms with Crippen molar-refractivity contribution in [3.63, 3.8) is 0 Å². The first kappa shape index (κ1) is 21.7. The molecule has 0 radical (unpaired) electrons. The van der Waals surface area contributed by atoms with Crippen molar-refractivity contribution in [3.05, 3.63) is 35.4 Å². The quantitative estimate of drug-likeness (QED) is 0.570. The summed E-state index contributed by atoms with van der Waals surface area (Å²) in [6.07, 6.45) is 1.13. The van der Waals surface area contributed by atoms with Crippen molar-refractivity contribution >= 4 is 5.96 Å². The minimum absolute atomic E-state index is 0.225. The molecule has 27 heavy (non-hydrogen) atoms. The molecular weight excluding hydrogens is 334 g/mol. The van der Waals surface area contributed by atoms with Crippen LogP contribution in [0, 0.1) is 5.92 Å². The molecule has 1 saturated heterocycles. The molecule has 1 aromatic rings. The first-order valence-corrected chi connectivity index (χ1v) is 10.4. The van der Waals surface area contributed by atoms with Gasteiger partial charge in [0.15, 0.2) is 5.96 Å². The van der Waals surface area contributed by atoms with Gasteiger partial charge >= 0.3 is 0 Å². The highest BCUT2D eigenvalue weighted by Gasteiger charge is 2.19. The van der Waals surface area contributed by atoms with E-state index in [0.717, 1.165) is 45.1 Å². The Morgan fingerprint density at radius 2 is 1.67 bits per heavy atom. The molecule has 0 saturated carbocycles. The van der Waals surface area contributed by atoms with Gasteiger partial charge in [-0.3, -0.25) is 9.89 Å². The van der Waals surface area contributed by atoms with E-state index in [0.29, 0.717) is 12.0 Å². The van der Waals surface area contributed by atoms with Crippen LogP contribution in [-0.2, 0) is 6.42 Å². The largest absolute Gasteiger partial charge is 0.355 e. The number of benzene rings is 1. The summed E-state index contributed by atoms with van der Waals surface area (Å²) in [5.74, 6) is 1.56. The molecule has 1 aliphatic heterocycles. The third kappa shape index (κ3) is 7.15. The predicted molar refractivity (Wildman–Crippen MR) is 116 cm³/mol. The lowest BCUT2D eigenvalue weighted by Crippen LogP contribution is -2.52. The summed E-state index contributed by atoms with van der Waals surface area (Å²) in [4.78, 5) is 9.35. The van der Waals surface area contributed by atoms with E-state index in [-0.39, 0.29) is 6.04 Å². The van der Waals surface area contributed by atoms with Gasteiger partial charge in [0.2, 0.25) is 0 Å². The van der Waals surface area contributed by atoms with Crippen molar-refractivity contribution in [1.29, 1.82) is 0 Å². The Balaban J connectivity index is 1.81. The topological polar surface area (TPSA) is 42.9 Å². The molecule has 0 amide bonds. The van der Waals surface area contributed by atoms with Crippen molar-refractivity contribution in [2.75, 3.05) is 46.8 Å². The number of rotatable bonds is 7. The van der Waals surface area contributed by atoms with Crippen LogP contribution >= 0.6 is 0 Å². The van der Waals surface area contributed by atoms with Crippen LogP contribution in [0.2, 0.25) is 0 Å². The summed E-state index contributed by atoms with van der Waals surface area (Å²) in [5, 5.41) is 7.02. The predicted octanol–water partition coefficient (Wildman–Crippen LogP) is 2.75. The molecule has 1 heterocycles. The highest BCUT2D eigenvalue weighted by molar-refractivity contribution is 5.80. The Morgan fingerprint density at radius 1 is 1.04 bits per heavy atom. The average Bonchev–Trinajstić information content (AvgIpc) is 2.65. The molecule has 0 spiro atoms. The lowest BCUT2D eigenvalue weighted by molar-refractivity contribution is 0.120. The second kappa shape index (κ2) is 10.7. The molecule has 5 heteroatoms. The maximum atomic E-state index is 4.41. The van der Waals surface area contributed by atoms with E-state index in [1.165, 1.54) is 11.1 Å². The van der Waals surface area contributed by atoms with Gasteiger partial charge < -0.3 is 15.5 Å². The summed E-state index contributed by atoms with van der Waals surface area (Å²) < 4.78 is 0. The van der Waals surface area contributed by atoms with Crippen LogP contribution in [0.5, 0.6) is 0 Å². The fraction of sp³-hybridized carbons (Fsp3) is 0.682. The fourth-order valence-corrected chi connectivity index (χ4v) is 3.53. The second-order valence-electron chi connectivity index (χ2n) is 8.35. The van der Waals surface area contributed by atoms with Crippen LogP contribution in [0.1, 0.15) is 44.9 Å². The lowest BCUT2D eigenvalue weighted by Gasteiger charge is -2.36. The van der Waals surface area contributed by atoms with E-state index in [9.17, 15) is 0 Å². The number of likely N-dealkylation sites (N-methyl/N-ethyl adjacent to an activating group) is 1. The smallest absolute Gasteiger partial charge is 0.191 e. The maximum absolute atomic E-state index is 4.41. The molecule has 2 unspecified atom stereocenters. The first-order valence-electron chi connectivity index (χ1n) is 10.4. The molecule has 5 nitrogen and oxygen atoms in total. The molecule has 0 aliphatic carbocycles. The van der Waals surface area contributed by atoms with E-state index >= 15 is 0 Å². The number of hydrogen-bond acceptors (Lipinski definition) is 3. The minimum atomic E-state index is 0.225. The normalized spacial score (nSPS) is 19.1. The van der Waals surface area contributed by atoms with Crippen molar-refractivity contribution in [1.82, 2.24) is 20.4 Å². The van der Waals surface area contributed by atoms with Gasteiger partial charge in [0.25, 0.3) is 0 Å². The van der Waals surface area contributed by atoms with Gasteiger partial charge in [-0.1, -0.05) is 38.1 Å². The Bertz CT molecular complexity index is 573. The molecule has 1 aromatic carbocycles. The summed E-state index contributed by atoms with van der Waals surface area (Å²) in [5.41, 5.74) is 2.70. The standard InChI is InChI=1S/C22H39N5/c1-17(2)15-20-7-9-21(10-8-20)19(4)25-22(23-5)24-16-18(3)27-13-11-26(6)12-14-27/h7-10,17-19H,11-16H2,1-6H3,(H2,23,24,25). The van der Waals surface area contributed by atoms with E-state index in [4.69, 9.17) is 0 Å². The van der Waals surface area contributed by atoms with Crippen LogP contribution in [0.25, 0.3) is 0 Å². The van der Waals surface area contributed by atoms with Crippen molar-refractivity contribution in [3.8, 4) is 0 Å². The number of aliphatic imine (C=N–C) groups is 1. The summed E-state index contributed by atoms with van der Waals surface area (Å²) in [6, 6.07) is 9.69. The summed E-state index contributed by atoms with van der Waals surface area (Å²) >= 11 is 0. The molecule has 0 bridgehead atoms. The molecule has 2 rings (SSSR count). The van der Waals surface area contributed by atoms with Crippen LogP contribution in [0.3, 0.4) is 0 Å². The van der Waals surface area contributed by atoms with Crippen molar-refractivity contribution < 1.29 is 0 Å². The van der Waals surface area contributed by atoms with Crippen LogP contribution in [0.4, 0.5) is 0 Å². The zero-order valence-electron chi connectivity index (χ0n) is 18.1. The molecule has 152 valence electrons. The van der Waals surface area contributed by atoms with Gasteiger partial charge in [-0.05, 0) is 44.4 Å². The number of nitrogens with zero attached hydrogens (tertiary/aromatic N) is 3. The number of nitrogens with one attached hydrogen (secondary N) is 2. The third-order valence-electron chi connectivity index (χ3n) is 5.43. The maximum Gasteiger partial charge on any atom is 0.191 e. The van der Waals surface area contributed by atoms with Crippen LogP contribution in [-0.4, -0.2) is 68.6 Å². The number of piperazine rings is 1. The van der Waals surface area contributed by atoms with E-state index in [1.807, 2.05) is 7.05 Å². The van der Waals surface area contributed by atoms with E-state index in [2.05, 4.69) is 84.4 Å². The first-order chi connectivity index (χ1) is 12.9.